The summed E-state index contributed by atoms with van der Waals surface area (Å²) < 4.78 is 15.6. The fourth-order valence-electron chi connectivity index (χ4n) is 3.13. The number of hydrogen-bond acceptors (Lipinski definition) is 8. The molecule has 1 aliphatic heterocycles. The number of anilines is 1. The Morgan fingerprint density at radius 2 is 2.07 bits per heavy atom. The summed E-state index contributed by atoms with van der Waals surface area (Å²) in [5.41, 5.74) is 0.772. The summed E-state index contributed by atoms with van der Waals surface area (Å²) in [5.74, 6) is 0.900. The molecule has 1 saturated heterocycles. The molecule has 150 valence electrons. The third kappa shape index (κ3) is 4.19. The van der Waals surface area contributed by atoms with E-state index in [2.05, 4.69) is 15.5 Å². The van der Waals surface area contributed by atoms with E-state index in [1.165, 1.54) is 0 Å². The summed E-state index contributed by atoms with van der Waals surface area (Å²) >= 11 is 0. The molecule has 1 amide bonds. The van der Waals surface area contributed by atoms with Gasteiger partial charge in [0.2, 0.25) is 17.6 Å². The predicted molar refractivity (Wildman–Crippen MR) is 102 cm³/mol. The number of furan rings is 1. The van der Waals surface area contributed by atoms with Crippen molar-refractivity contribution >= 4 is 17.6 Å². The number of carbonyl (C=O) groups is 2. The van der Waals surface area contributed by atoms with Gasteiger partial charge in [-0.1, -0.05) is 17.3 Å². The average molecular weight is 396 g/mol. The van der Waals surface area contributed by atoms with Gasteiger partial charge in [0.25, 0.3) is 0 Å². The van der Waals surface area contributed by atoms with Gasteiger partial charge in [0.15, 0.2) is 5.76 Å². The highest BCUT2D eigenvalue weighted by molar-refractivity contribution is 6.01. The number of rotatable bonds is 7. The normalized spacial score (nSPS) is 14.4. The second-order valence-corrected chi connectivity index (χ2v) is 6.64. The van der Waals surface area contributed by atoms with E-state index < -0.39 is 5.97 Å². The Bertz CT molecular complexity index is 992. The van der Waals surface area contributed by atoms with Gasteiger partial charge in [0, 0.05) is 13.1 Å². The van der Waals surface area contributed by atoms with Crippen LogP contribution in [0.15, 0.2) is 51.6 Å². The number of benzene rings is 1. The first kappa shape index (κ1) is 18.9. The number of amides is 1. The summed E-state index contributed by atoms with van der Waals surface area (Å²) in [6.07, 6.45) is 1.55. The Morgan fingerprint density at radius 3 is 2.83 bits per heavy atom. The quantitative estimate of drug-likeness (QED) is 0.607. The van der Waals surface area contributed by atoms with Crippen molar-refractivity contribution in [3.05, 3.63) is 54.1 Å². The Morgan fingerprint density at radius 1 is 1.24 bits per heavy atom. The summed E-state index contributed by atoms with van der Waals surface area (Å²) in [4.78, 5) is 30.7. The molecule has 4 rings (SSSR count). The number of hydrogen-bond donors (Lipinski definition) is 1. The standard InChI is InChI=1S/C20H20N4O5/c1-2-27-20(26)14-6-3-4-7-15(14)21-17(25)12-24-10-13(11-24)19-22-18(23-29-19)16-8-5-9-28-16/h3-9,13H,2,10-12H2,1H3,(H,21,25). The molecule has 0 aliphatic carbocycles. The first-order valence-corrected chi connectivity index (χ1v) is 9.30. The van der Waals surface area contributed by atoms with Gasteiger partial charge in [-0.15, -0.1) is 0 Å². The molecule has 1 N–H and O–H groups in total. The summed E-state index contributed by atoms with van der Waals surface area (Å²) in [5, 5.41) is 6.70. The van der Waals surface area contributed by atoms with Gasteiger partial charge in [-0.25, -0.2) is 4.79 Å². The zero-order valence-corrected chi connectivity index (χ0v) is 15.8. The van der Waals surface area contributed by atoms with Gasteiger partial charge in [-0.3, -0.25) is 9.69 Å². The van der Waals surface area contributed by atoms with E-state index in [4.69, 9.17) is 13.7 Å². The molecule has 1 aliphatic rings. The Labute approximate surface area is 166 Å². The Kier molecular flexibility index (Phi) is 5.39. The lowest BCUT2D eigenvalue weighted by Gasteiger charge is -2.36. The smallest absolute Gasteiger partial charge is 0.340 e. The maximum Gasteiger partial charge on any atom is 0.340 e. The van der Waals surface area contributed by atoms with Crippen molar-refractivity contribution in [1.29, 1.82) is 0 Å². The SMILES string of the molecule is CCOC(=O)c1ccccc1NC(=O)CN1CC(c2nc(-c3ccco3)no2)C1. The van der Waals surface area contributed by atoms with Crippen molar-refractivity contribution in [2.24, 2.45) is 0 Å². The van der Waals surface area contributed by atoms with Crippen molar-refractivity contribution < 1.29 is 23.3 Å². The monoisotopic (exact) mass is 396 g/mol. The molecule has 0 saturated carbocycles. The summed E-state index contributed by atoms with van der Waals surface area (Å²) in [6, 6.07) is 10.3. The van der Waals surface area contributed by atoms with Crippen molar-refractivity contribution in [3.8, 4) is 11.6 Å². The molecule has 2 aromatic heterocycles. The minimum absolute atomic E-state index is 0.0748. The molecule has 3 aromatic rings. The van der Waals surface area contributed by atoms with E-state index in [0.717, 1.165) is 0 Å². The number of carbonyl (C=O) groups excluding carboxylic acids is 2. The van der Waals surface area contributed by atoms with Crippen LogP contribution in [0, 0.1) is 0 Å². The van der Waals surface area contributed by atoms with Crippen molar-refractivity contribution in [1.82, 2.24) is 15.0 Å². The van der Waals surface area contributed by atoms with Crippen LogP contribution >= 0.6 is 0 Å². The van der Waals surface area contributed by atoms with Crippen molar-refractivity contribution in [3.63, 3.8) is 0 Å². The topological polar surface area (TPSA) is 111 Å². The largest absolute Gasteiger partial charge is 0.462 e. The molecule has 29 heavy (non-hydrogen) atoms. The van der Waals surface area contributed by atoms with E-state index in [1.54, 1.807) is 49.6 Å². The van der Waals surface area contributed by atoms with Crippen LogP contribution in [-0.2, 0) is 9.53 Å². The number of esters is 1. The maximum absolute atomic E-state index is 12.4. The average Bonchev–Trinajstić information content (AvgIpc) is 3.36. The van der Waals surface area contributed by atoms with Gasteiger partial charge in [0.05, 0.1) is 36.6 Å². The zero-order valence-electron chi connectivity index (χ0n) is 15.8. The first-order valence-electron chi connectivity index (χ1n) is 9.30. The van der Waals surface area contributed by atoms with Crippen LogP contribution in [0.2, 0.25) is 0 Å². The fourth-order valence-corrected chi connectivity index (χ4v) is 3.13. The number of nitrogens with zero attached hydrogens (tertiary/aromatic N) is 3. The Hall–Kier alpha value is -3.46. The van der Waals surface area contributed by atoms with Gasteiger partial charge in [-0.2, -0.15) is 4.98 Å². The second kappa shape index (κ2) is 8.27. The number of para-hydroxylation sites is 1. The third-order valence-electron chi connectivity index (χ3n) is 4.55. The molecule has 1 aromatic carbocycles. The predicted octanol–water partition coefficient (Wildman–Crippen LogP) is 2.54. The van der Waals surface area contributed by atoms with Crippen LogP contribution in [0.5, 0.6) is 0 Å². The number of aromatic nitrogens is 2. The highest BCUT2D eigenvalue weighted by atomic mass is 16.5. The van der Waals surface area contributed by atoms with Crippen molar-refractivity contribution in [2.75, 3.05) is 31.6 Å². The van der Waals surface area contributed by atoms with Gasteiger partial charge >= 0.3 is 5.97 Å². The number of nitrogens with one attached hydrogen (secondary N) is 1. The highest BCUT2D eigenvalue weighted by Crippen LogP contribution is 2.27. The van der Waals surface area contributed by atoms with Crippen LogP contribution in [0.4, 0.5) is 5.69 Å². The second-order valence-electron chi connectivity index (χ2n) is 6.64. The van der Waals surface area contributed by atoms with Crippen LogP contribution in [0.1, 0.15) is 29.1 Å². The Balaban J connectivity index is 1.30. The number of ether oxygens (including phenoxy) is 1. The molecular formula is C20H20N4O5. The summed E-state index contributed by atoms with van der Waals surface area (Å²) in [6.45, 7) is 3.47. The minimum atomic E-state index is -0.462. The molecule has 0 radical (unpaired) electrons. The molecule has 0 unspecified atom stereocenters. The third-order valence-corrected chi connectivity index (χ3v) is 4.55. The van der Waals surface area contributed by atoms with Crippen LogP contribution < -0.4 is 5.32 Å². The van der Waals surface area contributed by atoms with Crippen LogP contribution in [0.3, 0.4) is 0 Å². The minimum Gasteiger partial charge on any atom is -0.462 e. The lowest BCUT2D eigenvalue weighted by Crippen LogP contribution is -2.48. The molecule has 0 bridgehead atoms. The van der Waals surface area contributed by atoms with Crippen molar-refractivity contribution in [2.45, 2.75) is 12.8 Å². The van der Waals surface area contributed by atoms with E-state index in [9.17, 15) is 9.59 Å². The molecule has 9 nitrogen and oxygen atoms in total. The molecule has 1 fully saturated rings. The van der Waals surface area contributed by atoms with Gasteiger partial charge < -0.3 is 19.0 Å². The van der Waals surface area contributed by atoms with Gasteiger partial charge in [-0.05, 0) is 31.2 Å². The van der Waals surface area contributed by atoms with E-state index >= 15 is 0 Å². The summed E-state index contributed by atoms with van der Waals surface area (Å²) in [7, 11) is 0. The maximum atomic E-state index is 12.4. The lowest BCUT2D eigenvalue weighted by molar-refractivity contribution is -0.118. The fraction of sp³-hybridized carbons (Fsp3) is 0.300. The molecular weight excluding hydrogens is 376 g/mol. The molecule has 9 heteroatoms. The van der Waals surface area contributed by atoms with Crippen LogP contribution in [0.25, 0.3) is 11.6 Å². The lowest BCUT2D eigenvalue weighted by atomic mass is 10.0. The molecule has 3 heterocycles. The molecule has 0 atom stereocenters. The van der Waals surface area contributed by atoms with E-state index in [-0.39, 0.29) is 25.0 Å². The zero-order chi connectivity index (χ0) is 20.2. The first-order chi connectivity index (χ1) is 14.1. The van der Waals surface area contributed by atoms with Gasteiger partial charge in [0.1, 0.15) is 0 Å². The molecule has 0 spiro atoms. The highest BCUT2D eigenvalue weighted by Gasteiger charge is 2.34. The number of likely N-dealkylation sites (tertiary alicyclic amines) is 1. The van der Waals surface area contributed by atoms with Crippen LogP contribution in [-0.4, -0.2) is 53.2 Å². The van der Waals surface area contributed by atoms with E-state index in [1.807, 2.05) is 4.90 Å². The van der Waals surface area contributed by atoms with E-state index in [0.29, 0.717) is 41.8 Å².